The van der Waals surface area contributed by atoms with Crippen LogP contribution in [0.4, 0.5) is 13.2 Å². The fourth-order valence-corrected chi connectivity index (χ4v) is 2.77. The molecular formula is C24H19F3O4. The van der Waals surface area contributed by atoms with Crippen LogP contribution in [-0.2, 0) is 6.18 Å². The SMILES string of the molecule is Cc1ccc(Oc2cccc(OCC=Cc3ccc(C(F)(F)F)cc3)c2)c(C(=O)O)c1. The van der Waals surface area contributed by atoms with E-state index >= 15 is 0 Å². The van der Waals surface area contributed by atoms with Crippen molar-refractivity contribution < 1.29 is 32.5 Å². The highest BCUT2D eigenvalue weighted by Crippen LogP contribution is 2.30. The third-order valence-corrected chi connectivity index (χ3v) is 4.29. The first-order valence-corrected chi connectivity index (χ1v) is 9.31. The van der Waals surface area contributed by atoms with Crippen molar-refractivity contribution in [2.75, 3.05) is 6.61 Å². The molecule has 0 radical (unpaired) electrons. The lowest BCUT2D eigenvalue weighted by atomic mass is 10.1. The number of alkyl halides is 3. The van der Waals surface area contributed by atoms with Crippen LogP contribution in [0.1, 0.15) is 27.0 Å². The Kier molecular flexibility index (Phi) is 6.65. The summed E-state index contributed by atoms with van der Waals surface area (Å²) < 4.78 is 49.1. The maximum atomic E-state index is 12.6. The Balaban J connectivity index is 1.61. The van der Waals surface area contributed by atoms with Gasteiger partial charge < -0.3 is 14.6 Å². The monoisotopic (exact) mass is 428 g/mol. The molecule has 160 valence electrons. The molecule has 0 saturated heterocycles. The van der Waals surface area contributed by atoms with Crippen molar-refractivity contribution in [3.05, 3.63) is 95.1 Å². The van der Waals surface area contributed by atoms with Gasteiger partial charge in [-0.25, -0.2) is 4.79 Å². The summed E-state index contributed by atoms with van der Waals surface area (Å²) in [6.45, 7) is 1.98. The van der Waals surface area contributed by atoms with Crippen molar-refractivity contribution in [1.29, 1.82) is 0 Å². The number of halogens is 3. The fourth-order valence-electron chi connectivity index (χ4n) is 2.77. The van der Waals surface area contributed by atoms with Gasteiger partial charge in [0.25, 0.3) is 0 Å². The van der Waals surface area contributed by atoms with E-state index in [1.807, 2.05) is 0 Å². The predicted molar refractivity (Wildman–Crippen MR) is 111 cm³/mol. The molecule has 1 N–H and O–H groups in total. The van der Waals surface area contributed by atoms with E-state index < -0.39 is 17.7 Å². The molecule has 3 aromatic rings. The van der Waals surface area contributed by atoms with Crippen molar-refractivity contribution in [2.45, 2.75) is 13.1 Å². The second kappa shape index (κ2) is 9.38. The van der Waals surface area contributed by atoms with Crippen molar-refractivity contribution in [3.63, 3.8) is 0 Å². The molecule has 3 rings (SSSR count). The Hall–Kier alpha value is -3.74. The summed E-state index contributed by atoms with van der Waals surface area (Å²) in [5.74, 6) is 0.0473. The molecule has 7 heteroatoms. The molecule has 4 nitrogen and oxygen atoms in total. The number of hydrogen-bond acceptors (Lipinski definition) is 3. The van der Waals surface area contributed by atoms with Crippen LogP contribution in [0.25, 0.3) is 6.08 Å². The van der Waals surface area contributed by atoms with Crippen LogP contribution in [0.5, 0.6) is 17.2 Å². The molecule has 0 aliphatic heterocycles. The van der Waals surface area contributed by atoms with E-state index in [2.05, 4.69) is 0 Å². The van der Waals surface area contributed by atoms with E-state index in [9.17, 15) is 23.1 Å². The molecule has 3 aromatic carbocycles. The first-order chi connectivity index (χ1) is 14.7. The zero-order valence-electron chi connectivity index (χ0n) is 16.5. The van der Waals surface area contributed by atoms with Gasteiger partial charge in [0, 0.05) is 6.07 Å². The van der Waals surface area contributed by atoms with Crippen LogP contribution in [0.15, 0.2) is 72.8 Å². The number of benzene rings is 3. The molecule has 0 amide bonds. The number of rotatable bonds is 7. The first kappa shape index (κ1) is 22.0. The average Bonchev–Trinajstić information content (AvgIpc) is 2.72. The lowest BCUT2D eigenvalue weighted by molar-refractivity contribution is -0.137. The predicted octanol–water partition coefficient (Wildman–Crippen LogP) is 6.60. The van der Waals surface area contributed by atoms with Crippen LogP contribution in [0.2, 0.25) is 0 Å². The summed E-state index contributed by atoms with van der Waals surface area (Å²) in [4.78, 5) is 11.4. The Labute approximate surface area is 177 Å². The normalized spacial score (nSPS) is 11.5. The quantitative estimate of drug-likeness (QED) is 0.461. The molecule has 0 saturated carbocycles. The lowest BCUT2D eigenvalue weighted by Gasteiger charge is -2.11. The van der Waals surface area contributed by atoms with E-state index in [4.69, 9.17) is 9.47 Å². The summed E-state index contributed by atoms with van der Waals surface area (Å²) >= 11 is 0. The summed E-state index contributed by atoms with van der Waals surface area (Å²) in [7, 11) is 0. The topological polar surface area (TPSA) is 55.8 Å². The first-order valence-electron chi connectivity index (χ1n) is 9.31. The summed E-state index contributed by atoms with van der Waals surface area (Å²) in [5.41, 5.74) is 0.791. The number of carboxylic acids is 1. The number of aryl methyl sites for hydroxylation is 1. The number of hydrogen-bond donors (Lipinski definition) is 1. The van der Waals surface area contributed by atoms with E-state index in [0.717, 1.165) is 17.7 Å². The van der Waals surface area contributed by atoms with Crippen molar-refractivity contribution in [2.24, 2.45) is 0 Å². The van der Waals surface area contributed by atoms with Gasteiger partial charge in [0.1, 0.15) is 29.4 Å². The molecule has 0 aliphatic rings. The second-order valence-corrected chi connectivity index (χ2v) is 6.71. The van der Waals surface area contributed by atoms with Crippen LogP contribution in [-0.4, -0.2) is 17.7 Å². The number of aromatic carboxylic acids is 1. The molecule has 0 fully saturated rings. The van der Waals surface area contributed by atoms with Gasteiger partial charge in [0.05, 0.1) is 5.56 Å². The molecule has 0 bridgehead atoms. The van der Waals surface area contributed by atoms with E-state index in [0.29, 0.717) is 17.1 Å². The van der Waals surface area contributed by atoms with Gasteiger partial charge in [-0.2, -0.15) is 13.2 Å². The van der Waals surface area contributed by atoms with E-state index in [-0.39, 0.29) is 17.9 Å². The van der Waals surface area contributed by atoms with Crippen LogP contribution >= 0.6 is 0 Å². The molecular weight excluding hydrogens is 409 g/mol. The Morgan fingerprint density at radius 1 is 1.00 bits per heavy atom. The largest absolute Gasteiger partial charge is 0.489 e. The Morgan fingerprint density at radius 3 is 2.39 bits per heavy atom. The maximum absolute atomic E-state index is 12.6. The highest BCUT2D eigenvalue weighted by atomic mass is 19.4. The van der Waals surface area contributed by atoms with Crippen LogP contribution in [0.3, 0.4) is 0 Å². The average molecular weight is 428 g/mol. The molecule has 0 heterocycles. The van der Waals surface area contributed by atoms with Gasteiger partial charge in [-0.1, -0.05) is 35.9 Å². The molecule has 31 heavy (non-hydrogen) atoms. The summed E-state index contributed by atoms with van der Waals surface area (Å²) in [6, 6.07) is 16.4. The Morgan fingerprint density at radius 2 is 1.71 bits per heavy atom. The minimum Gasteiger partial charge on any atom is -0.489 e. The smallest absolute Gasteiger partial charge is 0.416 e. The molecule has 0 spiro atoms. The molecule has 0 aromatic heterocycles. The maximum Gasteiger partial charge on any atom is 0.416 e. The zero-order chi connectivity index (χ0) is 22.4. The van der Waals surface area contributed by atoms with Gasteiger partial charge in [-0.05, 0) is 55.0 Å². The van der Waals surface area contributed by atoms with Gasteiger partial charge in [-0.15, -0.1) is 0 Å². The van der Waals surface area contributed by atoms with Crippen LogP contribution in [0, 0.1) is 6.92 Å². The Bertz CT molecular complexity index is 1090. The van der Waals surface area contributed by atoms with Crippen molar-refractivity contribution in [3.8, 4) is 17.2 Å². The minimum absolute atomic E-state index is 0.0609. The van der Waals surface area contributed by atoms with Gasteiger partial charge in [-0.3, -0.25) is 0 Å². The highest BCUT2D eigenvalue weighted by Gasteiger charge is 2.29. The minimum atomic E-state index is -4.36. The number of carboxylic acid groups (broad SMARTS) is 1. The second-order valence-electron chi connectivity index (χ2n) is 6.71. The van der Waals surface area contributed by atoms with Gasteiger partial charge >= 0.3 is 12.1 Å². The van der Waals surface area contributed by atoms with Gasteiger partial charge in [0.15, 0.2) is 0 Å². The molecule has 0 atom stereocenters. The number of carbonyl (C=O) groups is 1. The number of ether oxygens (including phenoxy) is 2. The van der Waals surface area contributed by atoms with Gasteiger partial charge in [0.2, 0.25) is 0 Å². The highest BCUT2D eigenvalue weighted by molar-refractivity contribution is 5.91. The van der Waals surface area contributed by atoms with E-state index in [1.54, 1.807) is 55.5 Å². The summed E-state index contributed by atoms with van der Waals surface area (Å²) in [6.07, 6.45) is -1.02. The fraction of sp³-hybridized carbons (Fsp3) is 0.125. The third-order valence-electron chi connectivity index (χ3n) is 4.29. The molecule has 0 aliphatic carbocycles. The van der Waals surface area contributed by atoms with Crippen molar-refractivity contribution in [1.82, 2.24) is 0 Å². The lowest BCUT2D eigenvalue weighted by Crippen LogP contribution is -2.03. The molecule has 0 unspecified atom stereocenters. The summed E-state index contributed by atoms with van der Waals surface area (Å²) in [5, 5.41) is 9.35. The van der Waals surface area contributed by atoms with Crippen LogP contribution < -0.4 is 9.47 Å². The van der Waals surface area contributed by atoms with E-state index in [1.165, 1.54) is 18.2 Å². The third kappa shape index (κ3) is 6.12. The van der Waals surface area contributed by atoms with Crippen molar-refractivity contribution >= 4 is 12.0 Å². The zero-order valence-corrected chi connectivity index (χ0v) is 16.5. The standard InChI is InChI=1S/C24H19F3O4/c1-16-7-12-22(21(14-16)23(28)29)31-20-6-2-5-19(15-20)30-13-3-4-17-8-10-18(11-9-17)24(25,26)27/h2-12,14-15H,13H2,1H3,(H,28,29).